The third-order valence-electron chi connectivity index (χ3n) is 1.36. The van der Waals surface area contributed by atoms with Crippen LogP contribution in [0.3, 0.4) is 0 Å². The van der Waals surface area contributed by atoms with Crippen LogP contribution in [0, 0.1) is 0 Å². The van der Waals surface area contributed by atoms with Gasteiger partial charge in [0.1, 0.15) is 0 Å². The predicted octanol–water partition coefficient (Wildman–Crippen LogP) is 3.32. The van der Waals surface area contributed by atoms with Gasteiger partial charge >= 0.3 is 79.2 Å². The van der Waals surface area contributed by atoms with Crippen molar-refractivity contribution < 1.29 is 0 Å². The van der Waals surface area contributed by atoms with Crippen molar-refractivity contribution in [1.82, 2.24) is 0 Å². The molecule has 0 unspecified atom stereocenters. The Balaban J connectivity index is 2.66. The molecule has 0 atom stereocenters. The second kappa shape index (κ2) is 4.01. The van der Waals surface area contributed by atoms with Gasteiger partial charge in [-0.25, -0.2) is 0 Å². The summed E-state index contributed by atoms with van der Waals surface area (Å²) >= 11 is -2.62. The van der Waals surface area contributed by atoms with Crippen LogP contribution in [0.25, 0.3) is 0 Å². The topological polar surface area (TPSA) is 0 Å². The molecule has 1 aromatic rings. The zero-order valence-electron chi connectivity index (χ0n) is 6.35. The van der Waals surface area contributed by atoms with E-state index >= 15 is 0 Å². The van der Waals surface area contributed by atoms with Gasteiger partial charge in [0.2, 0.25) is 0 Å². The molecule has 0 saturated heterocycles. The standard InChI is InChI=1S/C7H7.CH3.2ClH.Sn/c1-7-5-3-2-4-6-7;;;;/h2-6H,1H2;1H3;2*1H;/q;;;;+2/p-2. The van der Waals surface area contributed by atoms with Gasteiger partial charge in [0.05, 0.1) is 0 Å². The van der Waals surface area contributed by atoms with Crippen molar-refractivity contribution in [2.24, 2.45) is 0 Å². The van der Waals surface area contributed by atoms with Gasteiger partial charge in [0.25, 0.3) is 0 Å². The molecule has 0 nitrogen and oxygen atoms in total. The number of hydrogen-bond acceptors (Lipinski definition) is 0. The van der Waals surface area contributed by atoms with Crippen molar-refractivity contribution in [3.05, 3.63) is 35.9 Å². The van der Waals surface area contributed by atoms with E-state index < -0.39 is 16.1 Å². The van der Waals surface area contributed by atoms with E-state index in [0.717, 1.165) is 4.44 Å². The Labute approximate surface area is 78.8 Å². The summed E-state index contributed by atoms with van der Waals surface area (Å²) in [6.07, 6.45) is 0. The maximum absolute atomic E-state index is 6.04. The molecule has 0 bridgehead atoms. The van der Waals surface area contributed by atoms with Gasteiger partial charge in [-0.15, -0.1) is 0 Å². The van der Waals surface area contributed by atoms with Crippen LogP contribution in [0.4, 0.5) is 0 Å². The first-order valence-corrected chi connectivity index (χ1v) is 15.6. The third-order valence-corrected chi connectivity index (χ3v) is 6.09. The maximum atomic E-state index is 6.04. The van der Waals surface area contributed by atoms with Crippen molar-refractivity contribution in [1.29, 1.82) is 0 Å². The van der Waals surface area contributed by atoms with Crippen LogP contribution in [0.2, 0.25) is 4.94 Å². The summed E-state index contributed by atoms with van der Waals surface area (Å²) in [5, 5.41) is 0. The number of hydrogen-bond donors (Lipinski definition) is 0. The molecule has 0 spiro atoms. The van der Waals surface area contributed by atoms with E-state index in [1.54, 1.807) is 0 Å². The third kappa shape index (κ3) is 4.24. The van der Waals surface area contributed by atoms with Gasteiger partial charge in [0.15, 0.2) is 0 Å². The van der Waals surface area contributed by atoms with E-state index in [2.05, 4.69) is 12.1 Å². The van der Waals surface area contributed by atoms with Crippen molar-refractivity contribution in [3.8, 4) is 0 Å². The van der Waals surface area contributed by atoms with Gasteiger partial charge < -0.3 is 0 Å². The molecule has 0 aliphatic rings. The average Bonchev–Trinajstić information content (AvgIpc) is 1.85. The minimum atomic E-state index is -2.62. The number of benzene rings is 1. The monoisotopic (exact) mass is 296 g/mol. The zero-order valence-corrected chi connectivity index (χ0v) is 10.7. The normalized spacial score (nSPS) is 11.5. The van der Waals surface area contributed by atoms with Crippen molar-refractivity contribution in [2.45, 2.75) is 9.38 Å². The van der Waals surface area contributed by atoms with Gasteiger partial charge in [-0.2, -0.15) is 0 Å². The van der Waals surface area contributed by atoms with Crippen LogP contribution >= 0.6 is 17.8 Å². The minimum absolute atomic E-state index is 0.901. The van der Waals surface area contributed by atoms with Crippen LogP contribution < -0.4 is 0 Å². The van der Waals surface area contributed by atoms with E-state index in [4.69, 9.17) is 17.8 Å². The molecule has 1 rings (SSSR count). The molecule has 0 fully saturated rings. The zero-order chi connectivity index (χ0) is 8.32. The first-order valence-electron chi connectivity index (χ1n) is 3.50. The Morgan fingerprint density at radius 2 is 1.73 bits per heavy atom. The summed E-state index contributed by atoms with van der Waals surface area (Å²) in [6, 6.07) is 10.2. The average molecular weight is 296 g/mol. The van der Waals surface area contributed by atoms with Crippen molar-refractivity contribution in [3.63, 3.8) is 0 Å². The molecule has 1 aromatic carbocycles. The van der Waals surface area contributed by atoms with Gasteiger partial charge in [0, 0.05) is 0 Å². The molecular weight excluding hydrogens is 286 g/mol. The summed E-state index contributed by atoms with van der Waals surface area (Å²) in [5.41, 5.74) is 1.26. The van der Waals surface area contributed by atoms with Crippen LogP contribution in [-0.4, -0.2) is 16.1 Å². The van der Waals surface area contributed by atoms with Gasteiger partial charge in [-0.3, -0.25) is 0 Å². The van der Waals surface area contributed by atoms with E-state index in [9.17, 15) is 0 Å². The number of rotatable bonds is 2. The summed E-state index contributed by atoms with van der Waals surface area (Å²) < 4.78 is 0.901. The molecule has 60 valence electrons. The molecule has 0 aliphatic heterocycles. The van der Waals surface area contributed by atoms with E-state index in [-0.39, 0.29) is 0 Å². The fourth-order valence-electron chi connectivity index (χ4n) is 0.954. The molecule has 0 amide bonds. The fourth-order valence-corrected chi connectivity index (χ4v) is 5.74. The molecular formula is C8H10Cl2Sn. The molecule has 3 heteroatoms. The van der Waals surface area contributed by atoms with Crippen LogP contribution in [-0.2, 0) is 4.44 Å². The second-order valence-corrected chi connectivity index (χ2v) is 22.3. The van der Waals surface area contributed by atoms with Crippen LogP contribution in [0.1, 0.15) is 5.56 Å². The molecule has 0 heterocycles. The van der Waals surface area contributed by atoms with Crippen molar-refractivity contribution >= 4 is 34.0 Å². The number of halogens is 2. The molecule has 0 radical (unpaired) electrons. The Kier molecular flexibility index (Phi) is 3.53. The molecule has 0 saturated carbocycles. The van der Waals surface area contributed by atoms with Gasteiger partial charge in [-0.05, 0) is 0 Å². The van der Waals surface area contributed by atoms with E-state index in [1.807, 2.05) is 23.1 Å². The fraction of sp³-hybridized carbons (Fsp3) is 0.250. The summed E-state index contributed by atoms with van der Waals surface area (Å²) in [5.74, 6) is 0. The first-order chi connectivity index (χ1) is 5.08. The molecule has 0 N–H and O–H groups in total. The summed E-state index contributed by atoms with van der Waals surface area (Å²) in [6.45, 7) is 0. The van der Waals surface area contributed by atoms with E-state index in [0.29, 0.717) is 0 Å². The molecule has 0 aliphatic carbocycles. The van der Waals surface area contributed by atoms with Crippen LogP contribution in [0.5, 0.6) is 0 Å². The summed E-state index contributed by atoms with van der Waals surface area (Å²) in [7, 11) is 12.1. The Morgan fingerprint density at radius 1 is 1.18 bits per heavy atom. The Hall–Kier alpha value is 0.599. The molecule has 11 heavy (non-hydrogen) atoms. The Bertz CT molecular complexity index is 215. The van der Waals surface area contributed by atoms with E-state index in [1.165, 1.54) is 5.56 Å². The quantitative estimate of drug-likeness (QED) is 0.734. The Morgan fingerprint density at radius 3 is 2.18 bits per heavy atom. The van der Waals surface area contributed by atoms with Crippen LogP contribution in [0.15, 0.2) is 30.3 Å². The second-order valence-electron chi connectivity index (χ2n) is 2.73. The summed E-state index contributed by atoms with van der Waals surface area (Å²) in [4.78, 5) is 2.00. The molecule has 0 aromatic heterocycles. The predicted molar refractivity (Wildman–Crippen MR) is 53.5 cm³/mol. The first kappa shape index (κ1) is 9.68. The SMILES string of the molecule is [CH3][Sn]([Cl])([Cl])[CH2]c1ccccc1. The van der Waals surface area contributed by atoms with Gasteiger partial charge in [-0.1, -0.05) is 0 Å². The van der Waals surface area contributed by atoms with Crippen molar-refractivity contribution in [2.75, 3.05) is 0 Å².